The number of para-hydroxylation sites is 1. The maximum Gasteiger partial charge on any atom is 0.261 e. The fraction of sp³-hybridized carbons (Fsp3) is 0.409. The van der Waals surface area contributed by atoms with E-state index in [1.165, 1.54) is 12.1 Å². The Hall–Kier alpha value is -2.56. The molecule has 0 saturated heterocycles. The van der Waals surface area contributed by atoms with Gasteiger partial charge in [0.25, 0.3) is 5.91 Å². The van der Waals surface area contributed by atoms with Crippen molar-refractivity contribution in [2.75, 3.05) is 7.11 Å². The lowest BCUT2D eigenvalue weighted by molar-refractivity contribution is -0.129. The van der Waals surface area contributed by atoms with E-state index in [0.717, 1.165) is 17.7 Å². The van der Waals surface area contributed by atoms with E-state index in [9.17, 15) is 9.18 Å². The number of nitrogens with one attached hydrogen (secondary N) is 1. The Labute approximate surface area is 160 Å². The molecule has 146 valence electrons. The molecule has 0 fully saturated rings. The van der Waals surface area contributed by atoms with Crippen molar-refractivity contribution in [2.45, 2.75) is 45.8 Å². The van der Waals surface area contributed by atoms with E-state index in [1.807, 2.05) is 31.2 Å². The lowest BCUT2D eigenvalue weighted by atomic mass is 9.96. The lowest BCUT2D eigenvalue weighted by Gasteiger charge is -2.25. The summed E-state index contributed by atoms with van der Waals surface area (Å²) in [6, 6.07) is 13.6. The number of benzene rings is 2. The van der Waals surface area contributed by atoms with E-state index in [-0.39, 0.29) is 17.7 Å². The second kappa shape index (κ2) is 9.95. The first kappa shape index (κ1) is 20.7. The van der Waals surface area contributed by atoms with Gasteiger partial charge in [-0.25, -0.2) is 4.39 Å². The van der Waals surface area contributed by atoms with Gasteiger partial charge >= 0.3 is 0 Å². The summed E-state index contributed by atoms with van der Waals surface area (Å²) in [5, 5.41) is 3.07. The predicted molar refractivity (Wildman–Crippen MR) is 104 cm³/mol. The first-order chi connectivity index (χ1) is 12.9. The van der Waals surface area contributed by atoms with E-state index < -0.39 is 11.9 Å². The molecule has 2 unspecified atom stereocenters. The number of hydrogen-bond acceptors (Lipinski definition) is 3. The Bertz CT molecular complexity index is 731. The van der Waals surface area contributed by atoms with Gasteiger partial charge in [-0.15, -0.1) is 0 Å². The van der Waals surface area contributed by atoms with Gasteiger partial charge in [0.2, 0.25) is 0 Å². The Morgan fingerprint density at radius 2 is 1.78 bits per heavy atom. The SMILES string of the molecule is CCC(Oc1ccccc1F)C(=O)NC(CC(C)C)c1ccc(OC)cc1. The van der Waals surface area contributed by atoms with Crippen molar-refractivity contribution in [3.05, 3.63) is 59.9 Å². The molecular formula is C22H28FNO3. The summed E-state index contributed by atoms with van der Waals surface area (Å²) < 4.78 is 24.7. The molecule has 0 heterocycles. The van der Waals surface area contributed by atoms with Crippen LogP contribution in [0.2, 0.25) is 0 Å². The van der Waals surface area contributed by atoms with E-state index in [0.29, 0.717) is 12.3 Å². The largest absolute Gasteiger partial charge is 0.497 e. The Morgan fingerprint density at radius 1 is 1.11 bits per heavy atom. The number of halogens is 1. The molecule has 27 heavy (non-hydrogen) atoms. The van der Waals surface area contributed by atoms with Crippen LogP contribution in [0.3, 0.4) is 0 Å². The third-order valence-corrected chi connectivity index (χ3v) is 4.31. The van der Waals surface area contributed by atoms with Gasteiger partial charge in [-0.3, -0.25) is 4.79 Å². The Balaban J connectivity index is 2.13. The number of carbonyl (C=O) groups is 1. The molecule has 2 rings (SSSR count). The molecule has 0 radical (unpaired) electrons. The van der Waals surface area contributed by atoms with Gasteiger partial charge in [-0.1, -0.05) is 45.0 Å². The van der Waals surface area contributed by atoms with E-state index in [4.69, 9.17) is 9.47 Å². The van der Waals surface area contributed by atoms with Gasteiger partial charge in [0.1, 0.15) is 5.75 Å². The number of methoxy groups -OCH3 is 1. The number of rotatable bonds is 9. The van der Waals surface area contributed by atoms with Crippen LogP contribution in [0.5, 0.6) is 11.5 Å². The smallest absolute Gasteiger partial charge is 0.261 e. The van der Waals surface area contributed by atoms with Gasteiger partial charge in [-0.2, -0.15) is 0 Å². The first-order valence-corrected chi connectivity index (χ1v) is 9.30. The van der Waals surface area contributed by atoms with Crippen LogP contribution in [-0.2, 0) is 4.79 Å². The molecule has 0 saturated carbocycles. The van der Waals surface area contributed by atoms with Crippen molar-refractivity contribution in [3.8, 4) is 11.5 Å². The predicted octanol–water partition coefficient (Wildman–Crippen LogP) is 4.90. The maximum absolute atomic E-state index is 13.9. The van der Waals surface area contributed by atoms with Gasteiger partial charge in [-0.05, 0) is 48.6 Å². The van der Waals surface area contributed by atoms with Crippen LogP contribution in [0.1, 0.15) is 45.2 Å². The molecule has 0 bridgehead atoms. The molecule has 2 atom stereocenters. The molecule has 2 aromatic carbocycles. The fourth-order valence-corrected chi connectivity index (χ4v) is 2.87. The highest BCUT2D eigenvalue weighted by Gasteiger charge is 2.24. The minimum Gasteiger partial charge on any atom is -0.497 e. The standard InChI is InChI=1S/C22H28FNO3/c1-5-20(27-21-9-7-6-8-18(21)23)22(25)24-19(14-15(2)3)16-10-12-17(26-4)13-11-16/h6-13,15,19-20H,5,14H2,1-4H3,(H,24,25). The number of hydrogen-bond donors (Lipinski definition) is 1. The third-order valence-electron chi connectivity index (χ3n) is 4.31. The van der Waals surface area contributed by atoms with Crippen LogP contribution < -0.4 is 14.8 Å². The van der Waals surface area contributed by atoms with Gasteiger partial charge in [0, 0.05) is 0 Å². The van der Waals surface area contributed by atoms with Crippen LogP contribution in [0.15, 0.2) is 48.5 Å². The molecule has 1 N–H and O–H groups in total. The second-order valence-electron chi connectivity index (χ2n) is 6.91. The summed E-state index contributed by atoms with van der Waals surface area (Å²) in [6.45, 7) is 6.06. The quantitative estimate of drug-likeness (QED) is 0.680. The molecule has 0 aliphatic carbocycles. The molecule has 2 aromatic rings. The van der Waals surface area contributed by atoms with Crippen LogP contribution in [0.25, 0.3) is 0 Å². The zero-order valence-corrected chi connectivity index (χ0v) is 16.4. The van der Waals surface area contributed by atoms with Crippen LogP contribution in [0.4, 0.5) is 4.39 Å². The summed E-state index contributed by atoms with van der Waals surface area (Å²) in [5.74, 6) is 0.525. The highest BCUT2D eigenvalue weighted by molar-refractivity contribution is 5.81. The Kier molecular flexibility index (Phi) is 7.65. The number of amides is 1. The second-order valence-corrected chi connectivity index (χ2v) is 6.91. The van der Waals surface area contributed by atoms with Crippen molar-refractivity contribution in [1.29, 1.82) is 0 Å². The van der Waals surface area contributed by atoms with E-state index >= 15 is 0 Å². The van der Waals surface area contributed by atoms with E-state index in [1.54, 1.807) is 19.2 Å². The topological polar surface area (TPSA) is 47.6 Å². The molecule has 1 amide bonds. The summed E-state index contributed by atoms with van der Waals surface area (Å²) in [4.78, 5) is 12.8. The van der Waals surface area contributed by atoms with Gasteiger partial charge in [0.05, 0.1) is 13.2 Å². The summed E-state index contributed by atoms with van der Waals surface area (Å²) >= 11 is 0. The number of ether oxygens (including phenoxy) is 2. The van der Waals surface area contributed by atoms with Crippen molar-refractivity contribution in [3.63, 3.8) is 0 Å². The van der Waals surface area contributed by atoms with Crippen LogP contribution in [0, 0.1) is 11.7 Å². The van der Waals surface area contributed by atoms with Crippen molar-refractivity contribution < 1.29 is 18.7 Å². The maximum atomic E-state index is 13.9. The molecule has 4 nitrogen and oxygen atoms in total. The number of carbonyl (C=O) groups excluding carboxylic acids is 1. The molecule has 0 spiro atoms. The highest BCUT2D eigenvalue weighted by Crippen LogP contribution is 2.24. The average molecular weight is 373 g/mol. The third kappa shape index (κ3) is 5.98. The Morgan fingerprint density at radius 3 is 2.33 bits per heavy atom. The normalized spacial score (nSPS) is 13.1. The van der Waals surface area contributed by atoms with Crippen molar-refractivity contribution in [2.24, 2.45) is 5.92 Å². The van der Waals surface area contributed by atoms with Gasteiger partial charge < -0.3 is 14.8 Å². The molecule has 5 heteroatoms. The van der Waals surface area contributed by atoms with Crippen molar-refractivity contribution >= 4 is 5.91 Å². The van der Waals surface area contributed by atoms with Crippen LogP contribution in [-0.4, -0.2) is 19.1 Å². The minimum atomic E-state index is -0.755. The molecular weight excluding hydrogens is 345 g/mol. The lowest BCUT2D eigenvalue weighted by Crippen LogP contribution is -2.40. The molecule has 0 aromatic heterocycles. The summed E-state index contributed by atoms with van der Waals surface area (Å²) in [6.07, 6.45) is 0.473. The zero-order valence-electron chi connectivity index (χ0n) is 16.4. The highest BCUT2D eigenvalue weighted by atomic mass is 19.1. The summed E-state index contributed by atoms with van der Waals surface area (Å²) in [5.41, 5.74) is 0.999. The monoisotopic (exact) mass is 373 g/mol. The molecule has 0 aliphatic rings. The average Bonchev–Trinajstić information content (AvgIpc) is 2.66. The summed E-state index contributed by atoms with van der Waals surface area (Å²) in [7, 11) is 1.62. The van der Waals surface area contributed by atoms with Crippen molar-refractivity contribution in [1.82, 2.24) is 5.32 Å². The zero-order chi connectivity index (χ0) is 19.8. The van der Waals surface area contributed by atoms with Gasteiger partial charge in [0.15, 0.2) is 17.7 Å². The first-order valence-electron chi connectivity index (χ1n) is 9.30. The fourth-order valence-electron chi connectivity index (χ4n) is 2.87. The minimum absolute atomic E-state index is 0.0874. The van der Waals surface area contributed by atoms with Crippen LogP contribution >= 0.6 is 0 Å². The van der Waals surface area contributed by atoms with E-state index in [2.05, 4.69) is 19.2 Å². The molecule has 0 aliphatic heterocycles.